The molecule has 0 saturated carbocycles. The van der Waals surface area contributed by atoms with E-state index in [1.165, 1.54) is 0 Å². The lowest BCUT2D eigenvalue weighted by Crippen LogP contribution is -2.50. The topological polar surface area (TPSA) is 37.3 Å². The van der Waals surface area contributed by atoms with Gasteiger partial charge in [-0.05, 0) is 0 Å². The fourth-order valence-corrected chi connectivity index (χ4v) is 0.505. The number of hydrogen-bond donors (Lipinski definition) is 1. The van der Waals surface area contributed by atoms with Gasteiger partial charge in [0.25, 0.3) is 0 Å². The second-order valence-electron chi connectivity index (χ2n) is 2.66. The monoisotopic (exact) mass is 188 g/mol. The number of alkyl halides is 4. The number of rotatable bonds is 3. The lowest BCUT2D eigenvalue weighted by Gasteiger charge is -2.25. The summed E-state index contributed by atoms with van der Waals surface area (Å²) in [6, 6.07) is 0. The number of carboxylic acid groups (broad SMARTS) is 1. The first kappa shape index (κ1) is 11.2. The summed E-state index contributed by atoms with van der Waals surface area (Å²) in [5.74, 6) is -14.0. The Morgan fingerprint density at radius 1 is 1.25 bits per heavy atom. The maximum absolute atomic E-state index is 12.4. The van der Waals surface area contributed by atoms with Gasteiger partial charge in [-0.25, -0.2) is 4.79 Å². The predicted molar refractivity (Wildman–Crippen MR) is 32.4 cm³/mol. The fourth-order valence-electron chi connectivity index (χ4n) is 0.505. The number of aliphatic carboxylic acids is 1. The van der Waals surface area contributed by atoms with Crippen LogP contribution in [0.25, 0.3) is 0 Å². The minimum absolute atomic E-state index is 0.830. The molecule has 0 rings (SSSR count). The van der Waals surface area contributed by atoms with Crippen molar-refractivity contribution in [1.29, 1.82) is 0 Å². The summed E-state index contributed by atoms with van der Waals surface area (Å²) < 4.78 is 49.3. The SMILES string of the molecule is CC(C)C(F)(F)C(F)(F)C(=O)O. The molecule has 0 radical (unpaired) electrons. The molecule has 6 heteroatoms. The van der Waals surface area contributed by atoms with Gasteiger partial charge in [0.2, 0.25) is 0 Å². The minimum atomic E-state index is -5.00. The van der Waals surface area contributed by atoms with Crippen molar-refractivity contribution >= 4 is 5.97 Å². The van der Waals surface area contributed by atoms with Crippen LogP contribution in [-0.2, 0) is 4.79 Å². The van der Waals surface area contributed by atoms with E-state index in [-0.39, 0.29) is 0 Å². The van der Waals surface area contributed by atoms with E-state index in [9.17, 15) is 22.4 Å². The molecular formula is C6H8F4O2. The van der Waals surface area contributed by atoms with Crippen LogP contribution in [-0.4, -0.2) is 22.9 Å². The molecule has 0 fully saturated rings. The zero-order valence-corrected chi connectivity index (χ0v) is 6.44. The van der Waals surface area contributed by atoms with Crippen molar-refractivity contribution in [2.24, 2.45) is 5.92 Å². The molecule has 0 heterocycles. The highest BCUT2D eigenvalue weighted by atomic mass is 19.3. The molecule has 0 aromatic rings. The maximum Gasteiger partial charge on any atom is 0.404 e. The van der Waals surface area contributed by atoms with E-state index in [1.807, 2.05) is 0 Å². The predicted octanol–water partition coefficient (Wildman–Crippen LogP) is 2.00. The molecule has 0 aliphatic heterocycles. The third kappa shape index (κ3) is 1.51. The van der Waals surface area contributed by atoms with Crippen LogP contribution in [0.4, 0.5) is 17.6 Å². The Balaban J connectivity index is 4.88. The van der Waals surface area contributed by atoms with Gasteiger partial charge in [0.1, 0.15) is 0 Å². The Labute approximate surface area is 66.2 Å². The Kier molecular flexibility index (Phi) is 2.72. The van der Waals surface area contributed by atoms with Crippen molar-refractivity contribution in [3.8, 4) is 0 Å². The van der Waals surface area contributed by atoms with Crippen LogP contribution in [0.3, 0.4) is 0 Å². The van der Waals surface area contributed by atoms with E-state index < -0.39 is 23.7 Å². The van der Waals surface area contributed by atoms with Gasteiger partial charge in [0.15, 0.2) is 0 Å². The van der Waals surface area contributed by atoms with E-state index in [0.29, 0.717) is 0 Å². The Bertz CT molecular complexity index is 188. The lowest BCUT2D eigenvalue weighted by molar-refractivity contribution is -0.237. The summed E-state index contributed by atoms with van der Waals surface area (Å²) in [7, 11) is 0. The van der Waals surface area contributed by atoms with Gasteiger partial charge >= 0.3 is 17.8 Å². The molecular weight excluding hydrogens is 180 g/mol. The third-order valence-corrected chi connectivity index (χ3v) is 1.41. The van der Waals surface area contributed by atoms with Gasteiger partial charge < -0.3 is 5.11 Å². The fraction of sp³-hybridized carbons (Fsp3) is 0.833. The van der Waals surface area contributed by atoms with Crippen LogP contribution in [0.15, 0.2) is 0 Å². The highest BCUT2D eigenvalue weighted by molar-refractivity contribution is 5.76. The van der Waals surface area contributed by atoms with Gasteiger partial charge in [0.05, 0.1) is 0 Å². The van der Waals surface area contributed by atoms with Crippen LogP contribution in [0.5, 0.6) is 0 Å². The molecule has 2 nitrogen and oxygen atoms in total. The highest BCUT2D eigenvalue weighted by Gasteiger charge is 2.63. The van der Waals surface area contributed by atoms with Crippen molar-refractivity contribution in [3.05, 3.63) is 0 Å². The molecule has 12 heavy (non-hydrogen) atoms. The highest BCUT2D eigenvalue weighted by Crippen LogP contribution is 2.39. The summed E-state index contributed by atoms with van der Waals surface area (Å²) in [5, 5.41) is 7.80. The molecule has 0 amide bonds. The Morgan fingerprint density at radius 2 is 1.58 bits per heavy atom. The van der Waals surface area contributed by atoms with Gasteiger partial charge in [0, 0.05) is 5.92 Å². The summed E-state index contributed by atoms with van der Waals surface area (Å²) >= 11 is 0. The molecule has 0 aromatic heterocycles. The average molecular weight is 188 g/mol. The molecule has 0 saturated heterocycles. The minimum Gasteiger partial charge on any atom is -0.477 e. The van der Waals surface area contributed by atoms with Crippen molar-refractivity contribution in [2.45, 2.75) is 25.7 Å². The van der Waals surface area contributed by atoms with Crippen LogP contribution >= 0.6 is 0 Å². The summed E-state index contributed by atoms with van der Waals surface area (Å²) in [5.41, 5.74) is 0. The lowest BCUT2D eigenvalue weighted by atomic mass is 10.00. The molecule has 0 aliphatic carbocycles. The van der Waals surface area contributed by atoms with E-state index in [0.717, 1.165) is 13.8 Å². The molecule has 72 valence electrons. The van der Waals surface area contributed by atoms with Gasteiger partial charge in [-0.15, -0.1) is 0 Å². The number of carboxylic acids is 1. The number of carbonyl (C=O) groups is 1. The van der Waals surface area contributed by atoms with E-state index in [2.05, 4.69) is 0 Å². The molecule has 1 N–H and O–H groups in total. The summed E-state index contributed by atoms with van der Waals surface area (Å²) in [4.78, 5) is 9.74. The van der Waals surface area contributed by atoms with Crippen LogP contribution in [0, 0.1) is 5.92 Å². The first-order valence-corrected chi connectivity index (χ1v) is 3.13. The largest absolute Gasteiger partial charge is 0.477 e. The standard InChI is InChI=1S/C6H8F4O2/c1-3(2)5(7,8)6(9,10)4(11)12/h3H,1-2H3,(H,11,12). The van der Waals surface area contributed by atoms with E-state index in [1.54, 1.807) is 0 Å². The van der Waals surface area contributed by atoms with Crippen molar-refractivity contribution < 1.29 is 27.5 Å². The summed E-state index contributed by atoms with van der Waals surface area (Å²) in [6.45, 7) is 1.66. The second kappa shape index (κ2) is 2.91. The van der Waals surface area contributed by atoms with Crippen molar-refractivity contribution in [2.75, 3.05) is 0 Å². The van der Waals surface area contributed by atoms with E-state index >= 15 is 0 Å². The smallest absolute Gasteiger partial charge is 0.404 e. The van der Waals surface area contributed by atoms with Crippen LogP contribution < -0.4 is 0 Å². The molecule has 0 aromatic carbocycles. The Morgan fingerprint density at radius 3 is 1.67 bits per heavy atom. The number of hydrogen-bond acceptors (Lipinski definition) is 1. The van der Waals surface area contributed by atoms with Crippen molar-refractivity contribution in [3.63, 3.8) is 0 Å². The van der Waals surface area contributed by atoms with Gasteiger partial charge in [-0.1, -0.05) is 13.8 Å². The van der Waals surface area contributed by atoms with Crippen molar-refractivity contribution in [1.82, 2.24) is 0 Å². The number of halogens is 4. The first-order valence-electron chi connectivity index (χ1n) is 3.13. The molecule has 0 unspecified atom stereocenters. The second-order valence-corrected chi connectivity index (χ2v) is 2.66. The zero-order chi connectivity index (χ0) is 10.2. The van der Waals surface area contributed by atoms with Gasteiger partial charge in [-0.2, -0.15) is 17.6 Å². The van der Waals surface area contributed by atoms with Crippen LogP contribution in [0.1, 0.15) is 13.8 Å². The average Bonchev–Trinajstić information content (AvgIpc) is 1.86. The summed E-state index contributed by atoms with van der Waals surface area (Å²) in [6.07, 6.45) is 0. The maximum atomic E-state index is 12.4. The van der Waals surface area contributed by atoms with Gasteiger partial charge in [-0.3, -0.25) is 0 Å². The third-order valence-electron chi connectivity index (χ3n) is 1.41. The zero-order valence-electron chi connectivity index (χ0n) is 6.44. The molecule has 0 atom stereocenters. The first-order chi connectivity index (χ1) is 5.14. The van der Waals surface area contributed by atoms with E-state index in [4.69, 9.17) is 5.11 Å². The van der Waals surface area contributed by atoms with Crippen LogP contribution in [0.2, 0.25) is 0 Å². The Hall–Kier alpha value is -0.810. The molecule has 0 spiro atoms. The quantitative estimate of drug-likeness (QED) is 0.687. The molecule has 0 aliphatic rings. The molecule has 0 bridgehead atoms. The normalized spacial score (nSPS) is 13.6.